The van der Waals surface area contributed by atoms with Crippen molar-refractivity contribution in [2.75, 3.05) is 13.2 Å². The Balaban J connectivity index is 2.67. The number of nitrogens with zero attached hydrogens (tertiary/aromatic N) is 1. The van der Waals surface area contributed by atoms with E-state index in [1.165, 1.54) is 0 Å². The highest BCUT2D eigenvalue weighted by molar-refractivity contribution is 5.95. The first-order chi connectivity index (χ1) is 8.97. The van der Waals surface area contributed by atoms with Crippen molar-refractivity contribution >= 4 is 11.9 Å². The Labute approximate surface area is 110 Å². The molecule has 0 saturated heterocycles. The van der Waals surface area contributed by atoms with Gasteiger partial charge in [0.15, 0.2) is 0 Å². The smallest absolute Gasteiger partial charge is 0.307 e. The molecule has 19 heavy (non-hydrogen) atoms. The van der Waals surface area contributed by atoms with Crippen LogP contribution in [0.4, 0.5) is 0 Å². The predicted molar refractivity (Wildman–Crippen MR) is 67.9 cm³/mol. The summed E-state index contributed by atoms with van der Waals surface area (Å²) < 4.78 is 4.73. The van der Waals surface area contributed by atoms with Gasteiger partial charge >= 0.3 is 5.97 Å². The van der Waals surface area contributed by atoms with Gasteiger partial charge in [0, 0.05) is 6.54 Å². The molecule has 1 heterocycles. The molecule has 0 unspecified atom stereocenters. The van der Waals surface area contributed by atoms with Crippen molar-refractivity contribution in [1.82, 2.24) is 15.5 Å². The van der Waals surface area contributed by atoms with Crippen LogP contribution in [0.3, 0.4) is 0 Å². The molecule has 7 heteroatoms. The zero-order chi connectivity index (χ0) is 14.4. The number of ether oxygens (including phenoxy) is 1. The lowest BCUT2D eigenvalue weighted by Gasteiger charge is -2.07. The van der Waals surface area contributed by atoms with E-state index >= 15 is 0 Å². The van der Waals surface area contributed by atoms with E-state index in [2.05, 4.69) is 15.5 Å². The summed E-state index contributed by atoms with van der Waals surface area (Å²) in [6, 6.07) is 0. The minimum Gasteiger partial charge on any atom is -0.466 e. The van der Waals surface area contributed by atoms with Crippen LogP contribution in [0, 0.1) is 13.8 Å². The third-order valence-electron chi connectivity index (χ3n) is 2.62. The first-order valence-electron chi connectivity index (χ1n) is 5.97. The molecule has 1 rings (SSSR count). The van der Waals surface area contributed by atoms with Gasteiger partial charge in [-0.3, -0.25) is 14.4 Å². The molecular formula is C12H17N3O4. The summed E-state index contributed by atoms with van der Waals surface area (Å²) in [5, 5.41) is 8.52. The van der Waals surface area contributed by atoms with Gasteiger partial charge < -0.3 is 10.1 Å². The first kappa shape index (κ1) is 14.9. The normalized spacial score (nSPS) is 10.1. The molecule has 0 spiro atoms. The van der Waals surface area contributed by atoms with Gasteiger partial charge in [-0.2, -0.15) is 5.10 Å². The highest BCUT2D eigenvalue weighted by Crippen LogP contribution is 2.04. The molecule has 0 fully saturated rings. The van der Waals surface area contributed by atoms with Gasteiger partial charge in [-0.25, -0.2) is 5.10 Å². The molecule has 0 saturated carbocycles. The second-order valence-corrected chi connectivity index (χ2v) is 3.95. The van der Waals surface area contributed by atoms with Crippen molar-refractivity contribution in [3.8, 4) is 0 Å². The van der Waals surface area contributed by atoms with E-state index in [1.807, 2.05) is 0 Å². The highest BCUT2D eigenvalue weighted by Gasteiger charge is 2.16. The molecule has 0 aromatic carbocycles. The molecule has 1 aromatic heterocycles. The predicted octanol–water partition coefficient (Wildman–Crippen LogP) is 0.0697. The number of amides is 1. The second-order valence-electron chi connectivity index (χ2n) is 3.95. The fraction of sp³-hybridized carbons (Fsp3) is 0.500. The van der Waals surface area contributed by atoms with Crippen molar-refractivity contribution in [2.24, 2.45) is 0 Å². The maximum Gasteiger partial charge on any atom is 0.307 e. The lowest BCUT2D eigenvalue weighted by atomic mass is 10.1. The van der Waals surface area contributed by atoms with Crippen LogP contribution in [0.15, 0.2) is 4.79 Å². The van der Waals surface area contributed by atoms with Gasteiger partial charge in [0.1, 0.15) is 5.56 Å². The quantitative estimate of drug-likeness (QED) is 0.735. The van der Waals surface area contributed by atoms with Gasteiger partial charge in [-0.15, -0.1) is 0 Å². The molecule has 0 atom stereocenters. The third-order valence-corrected chi connectivity index (χ3v) is 2.62. The van der Waals surface area contributed by atoms with E-state index in [4.69, 9.17) is 4.74 Å². The Morgan fingerprint density at radius 2 is 2.05 bits per heavy atom. The zero-order valence-corrected chi connectivity index (χ0v) is 11.2. The van der Waals surface area contributed by atoms with Crippen LogP contribution < -0.4 is 10.9 Å². The van der Waals surface area contributed by atoms with Crippen LogP contribution in [-0.4, -0.2) is 35.2 Å². The number of hydrogen-bond acceptors (Lipinski definition) is 5. The van der Waals surface area contributed by atoms with Gasteiger partial charge in [0.25, 0.3) is 11.5 Å². The number of carbonyl (C=O) groups is 2. The van der Waals surface area contributed by atoms with Crippen molar-refractivity contribution in [3.05, 3.63) is 27.2 Å². The molecule has 0 bridgehead atoms. The molecule has 7 nitrogen and oxygen atoms in total. The summed E-state index contributed by atoms with van der Waals surface area (Å²) in [6.07, 6.45) is 0.0700. The molecule has 0 aliphatic carbocycles. The van der Waals surface area contributed by atoms with Crippen LogP contribution >= 0.6 is 0 Å². The molecule has 0 aliphatic heterocycles. The van der Waals surface area contributed by atoms with Crippen LogP contribution in [0.2, 0.25) is 0 Å². The van der Waals surface area contributed by atoms with E-state index in [9.17, 15) is 14.4 Å². The number of H-pyrrole nitrogens is 1. The average molecular weight is 267 g/mol. The van der Waals surface area contributed by atoms with E-state index in [1.54, 1.807) is 20.8 Å². The first-order valence-corrected chi connectivity index (χ1v) is 5.97. The zero-order valence-electron chi connectivity index (χ0n) is 11.2. The molecular weight excluding hydrogens is 250 g/mol. The lowest BCUT2D eigenvalue weighted by Crippen LogP contribution is -2.33. The number of aromatic amines is 1. The SMILES string of the molecule is CCOC(=O)CCNC(=O)c1c(C)c(C)n[nH]c1=O. The topological polar surface area (TPSA) is 101 Å². The van der Waals surface area contributed by atoms with Crippen LogP contribution in [0.1, 0.15) is 35.0 Å². The van der Waals surface area contributed by atoms with Gasteiger partial charge in [-0.1, -0.05) is 0 Å². The fourth-order valence-electron chi connectivity index (χ4n) is 1.50. The van der Waals surface area contributed by atoms with Crippen molar-refractivity contribution in [2.45, 2.75) is 27.2 Å². The number of hydrogen-bond donors (Lipinski definition) is 2. The van der Waals surface area contributed by atoms with Gasteiger partial charge in [0.2, 0.25) is 0 Å². The number of nitrogens with one attached hydrogen (secondary N) is 2. The number of esters is 1. The number of aromatic nitrogens is 2. The lowest BCUT2D eigenvalue weighted by molar-refractivity contribution is -0.142. The van der Waals surface area contributed by atoms with Gasteiger partial charge in [-0.05, 0) is 26.3 Å². The molecule has 2 N–H and O–H groups in total. The van der Waals surface area contributed by atoms with Crippen LogP contribution in [0.25, 0.3) is 0 Å². The van der Waals surface area contributed by atoms with Crippen molar-refractivity contribution in [1.29, 1.82) is 0 Å². The molecule has 1 amide bonds. The summed E-state index contributed by atoms with van der Waals surface area (Å²) in [7, 11) is 0. The second kappa shape index (κ2) is 6.67. The summed E-state index contributed by atoms with van der Waals surface area (Å²) in [4.78, 5) is 34.5. The summed E-state index contributed by atoms with van der Waals surface area (Å²) in [5.41, 5.74) is 0.584. The fourth-order valence-corrected chi connectivity index (χ4v) is 1.50. The standard InChI is InChI=1S/C12H17N3O4/c1-4-19-9(16)5-6-13-11(17)10-7(2)8(3)14-15-12(10)18/h4-6H2,1-3H3,(H,13,17)(H,15,18). The largest absolute Gasteiger partial charge is 0.466 e. The Morgan fingerprint density at radius 3 is 2.68 bits per heavy atom. The summed E-state index contributed by atoms with van der Waals surface area (Å²) in [6.45, 7) is 5.48. The Hall–Kier alpha value is -2.18. The maximum atomic E-state index is 11.9. The van der Waals surface area contributed by atoms with Crippen molar-refractivity contribution in [3.63, 3.8) is 0 Å². The van der Waals surface area contributed by atoms with E-state index in [-0.39, 0.29) is 24.5 Å². The minimum atomic E-state index is -0.545. The number of carbonyl (C=O) groups excluding carboxylic acids is 2. The number of rotatable bonds is 5. The Morgan fingerprint density at radius 1 is 1.37 bits per heavy atom. The van der Waals surface area contributed by atoms with Crippen LogP contribution in [-0.2, 0) is 9.53 Å². The monoisotopic (exact) mass is 267 g/mol. The highest BCUT2D eigenvalue weighted by atomic mass is 16.5. The number of aryl methyl sites for hydroxylation is 1. The third kappa shape index (κ3) is 3.90. The molecule has 104 valence electrons. The van der Waals surface area contributed by atoms with E-state index < -0.39 is 11.5 Å². The molecule has 0 radical (unpaired) electrons. The molecule has 0 aliphatic rings. The molecule has 1 aromatic rings. The average Bonchev–Trinajstić information content (AvgIpc) is 2.35. The summed E-state index contributed by atoms with van der Waals surface area (Å²) in [5.74, 6) is -0.909. The Bertz CT molecular complexity index is 536. The Kier molecular flexibility index (Phi) is 5.23. The van der Waals surface area contributed by atoms with Crippen molar-refractivity contribution < 1.29 is 14.3 Å². The minimum absolute atomic E-state index is 0.0244. The van der Waals surface area contributed by atoms with E-state index in [0.717, 1.165) is 0 Å². The van der Waals surface area contributed by atoms with E-state index in [0.29, 0.717) is 17.9 Å². The van der Waals surface area contributed by atoms with Crippen LogP contribution in [0.5, 0.6) is 0 Å². The van der Waals surface area contributed by atoms with Gasteiger partial charge in [0.05, 0.1) is 18.7 Å². The summed E-state index contributed by atoms with van der Waals surface area (Å²) >= 11 is 0. The maximum absolute atomic E-state index is 11.9.